The number of aromatic nitrogens is 1. The number of hydrogen-bond acceptors (Lipinski definition) is 7. The Balaban J connectivity index is 1.66. The maximum absolute atomic E-state index is 12.4. The van der Waals surface area contributed by atoms with Crippen molar-refractivity contribution in [3.63, 3.8) is 0 Å². The van der Waals surface area contributed by atoms with Crippen LogP contribution in [0.25, 0.3) is 0 Å². The number of ether oxygens (including phenoxy) is 1. The van der Waals surface area contributed by atoms with Gasteiger partial charge in [-0.15, -0.1) is 11.3 Å². The van der Waals surface area contributed by atoms with E-state index in [0.717, 1.165) is 11.3 Å². The first-order valence-electron chi connectivity index (χ1n) is 8.19. The van der Waals surface area contributed by atoms with Crippen LogP contribution in [-0.2, 0) is 19.6 Å². The summed E-state index contributed by atoms with van der Waals surface area (Å²) in [6, 6.07) is 10.3. The molecule has 0 aliphatic carbocycles. The van der Waals surface area contributed by atoms with E-state index in [1.807, 2.05) is 0 Å². The third-order valence-electron chi connectivity index (χ3n) is 3.55. The van der Waals surface area contributed by atoms with E-state index in [9.17, 15) is 18.0 Å². The summed E-state index contributed by atoms with van der Waals surface area (Å²) in [5.41, 5.74) is -0.0215. The molecule has 0 aliphatic rings. The molecule has 2 N–H and O–H groups in total. The maximum Gasteiger partial charge on any atom is 0.340 e. The van der Waals surface area contributed by atoms with Gasteiger partial charge < -0.3 is 10.1 Å². The minimum atomic E-state index is -3.86. The lowest BCUT2D eigenvalue weighted by atomic mass is 10.2. The number of carbonyl (C=O) groups is 2. The fourth-order valence-corrected chi connectivity index (χ4v) is 4.75. The molecule has 2 heterocycles. The molecular weight excluding hydrogens is 473 g/mol. The van der Waals surface area contributed by atoms with Gasteiger partial charge in [-0.25, -0.2) is 18.2 Å². The monoisotopic (exact) mass is 485 g/mol. The Hall–Kier alpha value is -2.66. The van der Waals surface area contributed by atoms with Gasteiger partial charge in [-0.05, 0) is 29.6 Å². The Kier molecular flexibility index (Phi) is 6.93. The van der Waals surface area contributed by atoms with E-state index in [0.29, 0.717) is 5.02 Å². The second-order valence-corrected chi connectivity index (χ2v) is 9.39. The first-order chi connectivity index (χ1) is 14.3. The van der Waals surface area contributed by atoms with Gasteiger partial charge in [0, 0.05) is 6.20 Å². The molecule has 0 saturated carbocycles. The van der Waals surface area contributed by atoms with Gasteiger partial charge in [0.2, 0.25) is 0 Å². The molecule has 0 unspecified atom stereocenters. The predicted octanol–water partition coefficient (Wildman–Crippen LogP) is 4.05. The first kappa shape index (κ1) is 22.0. The summed E-state index contributed by atoms with van der Waals surface area (Å²) < 4.78 is 32.3. The molecule has 0 aliphatic heterocycles. The molecule has 0 spiro atoms. The quantitative estimate of drug-likeness (QED) is 0.487. The number of benzene rings is 1. The number of esters is 1. The molecule has 1 amide bonds. The van der Waals surface area contributed by atoms with Crippen LogP contribution in [0.1, 0.15) is 10.4 Å². The maximum atomic E-state index is 12.4. The highest BCUT2D eigenvalue weighted by Gasteiger charge is 2.20. The lowest BCUT2D eigenvalue weighted by molar-refractivity contribution is -0.119. The van der Waals surface area contributed by atoms with E-state index in [2.05, 4.69) is 15.0 Å². The zero-order chi connectivity index (χ0) is 21.7. The van der Waals surface area contributed by atoms with Crippen LogP contribution in [0.4, 0.5) is 11.5 Å². The molecule has 3 rings (SSSR count). The topological polar surface area (TPSA) is 114 Å². The van der Waals surface area contributed by atoms with E-state index in [1.165, 1.54) is 36.5 Å². The fraction of sp³-hybridized carbons (Fsp3) is 0.0556. The van der Waals surface area contributed by atoms with Gasteiger partial charge >= 0.3 is 5.97 Å². The smallest absolute Gasteiger partial charge is 0.340 e. The summed E-state index contributed by atoms with van der Waals surface area (Å²) in [6.07, 6.45) is 1.30. The largest absolute Gasteiger partial charge is 0.452 e. The van der Waals surface area contributed by atoms with Crippen molar-refractivity contribution in [3.8, 4) is 0 Å². The van der Waals surface area contributed by atoms with E-state index in [4.69, 9.17) is 27.9 Å². The van der Waals surface area contributed by atoms with Crippen LogP contribution in [0.2, 0.25) is 10.0 Å². The van der Waals surface area contributed by atoms with Crippen molar-refractivity contribution in [2.75, 3.05) is 16.6 Å². The second kappa shape index (κ2) is 9.43. The lowest BCUT2D eigenvalue weighted by Gasteiger charge is -2.12. The van der Waals surface area contributed by atoms with Crippen molar-refractivity contribution in [2.24, 2.45) is 0 Å². The Bertz CT molecular complexity index is 1180. The molecule has 0 atom stereocenters. The van der Waals surface area contributed by atoms with Crippen LogP contribution in [-0.4, -0.2) is 31.9 Å². The Morgan fingerprint density at radius 2 is 1.90 bits per heavy atom. The van der Waals surface area contributed by atoms with Crippen LogP contribution >= 0.6 is 34.5 Å². The molecule has 2 aromatic heterocycles. The van der Waals surface area contributed by atoms with Gasteiger partial charge in [0.1, 0.15) is 4.21 Å². The number of anilines is 2. The summed E-state index contributed by atoms with van der Waals surface area (Å²) in [5.74, 6) is -1.51. The average molecular weight is 486 g/mol. The number of pyridine rings is 1. The van der Waals surface area contributed by atoms with Crippen LogP contribution in [0.5, 0.6) is 0 Å². The first-order valence-corrected chi connectivity index (χ1v) is 11.3. The lowest BCUT2D eigenvalue weighted by Crippen LogP contribution is -2.22. The highest BCUT2D eigenvalue weighted by atomic mass is 35.5. The van der Waals surface area contributed by atoms with E-state index in [1.54, 1.807) is 17.5 Å². The summed E-state index contributed by atoms with van der Waals surface area (Å²) in [7, 11) is -3.86. The fourth-order valence-electron chi connectivity index (χ4n) is 2.25. The number of halogens is 2. The molecule has 156 valence electrons. The molecule has 0 radical (unpaired) electrons. The Morgan fingerprint density at radius 1 is 1.13 bits per heavy atom. The number of nitrogens with one attached hydrogen (secondary N) is 2. The highest BCUT2D eigenvalue weighted by Crippen LogP contribution is 2.24. The van der Waals surface area contributed by atoms with E-state index >= 15 is 0 Å². The minimum Gasteiger partial charge on any atom is -0.452 e. The van der Waals surface area contributed by atoms with Crippen molar-refractivity contribution in [1.29, 1.82) is 0 Å². The Morgan fingerprint density at radius 3 is 2.60 bits per heavy atom. The number of hydrogen-bond donors (Lipinski definition) is 2. The average Bonchev–Trinajstić information content (AvgIpc) is 3.24. The zero-order valence-electron chi connectivity index (χ0n) is 15.0. The third-order valence-corrected chi connectivity index (χ3v) is 6.81. The van der Waals surface area contributed by atoms with Gasteiger partial charge in [0.25, 0.3) is 15.9 Å². The molecular formula is C18H13Cl2N3O5S2. The van der Waals surface area contributed by atoms with E-state index < -0.39 is 28.5 Å². The zero-order valence-corrected chi connectivity index (χ0v) is 18.1. The molecule has 1 aromatic carbocycles. The number of sulfonamides is 1. The number of thiophene rings is 1. The Labute approximate surface area is 185 Å². The summed E-state index contributed by atoms with van der Waals surface area (Å²) >= 11 is 12.7. The summed E-state index contributed by atoms with van der Waals surface area (Å²) in [4.78, 5) is 28.3. The van der Waals surface area contributed by atoms with Crippen LogP contribution in [0.3, 0.4) is 0 Å². The van der Waals surface area contributed by atoms with Crippen LogP contribution < -0.4 is 10.0 Å². The molecule has 0 fully saturated rings. The number of nitrogens with zero attached hydrogens (tertiary/aromatic N) is 1. The van der Waals surface area contributed by atoms with Crippen molar-refractivity contribution in [3.05, 3.63) is 69.7 Å². The van der Waals surface area contributed by atoms with Crippen molar-refractivity contribution >= 4 is 67.9 Å². The van der Waals surface area contributed by atoms with Gasteiger partial charge in [-0.2, -0.15) is 0 Å². The second-order valence-electron chi connectivity index (χ2n) is 5.69. The van der Waals surface area contributed by atoms with E-state index in [-0.39, 0.29) is 26.3 Å². The minimum absolute atomic E-state index is 0.0266. The standard InChI is InChI=1S/C18H13Cl2N3O5S2/c19-11-8-13(20)17(21-9-11)22-15(24)10-28-18(25)12-4-1-2-5-14(12)23-30(26,27)16-6-3-7-29-16/h1-9,23H,10H2,(H,21,22,24). The highest BCUT2D eigenvalue weighted by molar-refractivity contribution is 7.94. The number of carbonyl (C=O) groups excluding carboxylic acids is 2. The molecule has 8 nitrogen and oxygen atoms in total. The van der Waals surface area contributed by atoms with Crippen LogP contribution in [0.15, 0.2) is 58.3 Å². The molecule has 0 saturated heterocycles. The molecule has 30 heavy (non-hydrogen) atoms. The van der Waals surface area contributed by atoms with Crippen molar-refractivity contribution in [1.82, 2.24) is 4.98 Å². The molecule has 12 heteroatoms. The molecule has 3 aromatic rings. The normalized spacial score (nSPS) is 11.0. The number of para-hydroxylation sites is 1. The van der Waals surface area contributed by atoms with Crippen molar-refractivity contribution in [2.45, 2.75) is 4.21 Å². The number of amides is 1. The van der Waals surface area contributed by atoms with Gasteiger partial charge in [-0.3, -0.25) is 9.52 Å². The third kappa shape index (κ3) is 5.48. The predicted molar refractivity (Wildman–Crippen MR) is 115 cm³/mol. The summed E-state index contributed by atoms with van der Waals surface area (Å²) in [6.45, 7) is -0.633. The van der Waals surface area contributed by atoms with Gasteiger partial charge in [0.05, 0.1) is 21.3 Å². The SMILES string of the molecule is O=C(COC(=O)c1ccccc1NS(=O)(=O)c1cccs1)Nc1ncc(Cl)cc1Cl. The van der Waals surface area contributed by atoms with Gasteiger partial charge in [-0.1, -0.05) is 41.4 Å². The summed E-state index contributed by atoms with van der Waals surface area (Å²) in [5, 5.41) is 4.43. The molecule has 0 bridgehead atoms. The number of rotatable bonds is 7. The van der Waals surface area contributed by atoms with Crippen LogP contribution in [0, 0.1) is 0 Å². The van der Waals surface area contributed by atoms with Crippen molar-refractivity contribution < 1.29 is 22.7 Å². The van der Waals surface area contributed by atoms with Gasteiger partial charge in [0.15, 0.2) is 12.4 Å².